The van der Waals surface area contributed by atoms with Gasteiger partial charge < -0.3 is 19.5 Å². The van der Waals surface area contributed by atoms with Crippen LogP contribution in [0.2, 0.25) is 0 Å². The van der Waals surface area contributed by atoms with Gasteiger partial charge in [-0.15, -0.1) is 0 Å². The molecule has 2 aliphatic rings. The number of halogens is 1. The molecule has 1 atom stereocenters. The standard InChI is InChI=1S/C29H37FN4O2/c1-19(2)32(3)29(36)25-14-22(30)6-9-27(25)34-17-26(24-10-12-31-15-28(24)34)21-4-7-23(8-5-21)33-13-11-20(16-33)18-35/h6,9-10,12,14-15,17,19-21,23,35H,4-5,7-8,11,13,16,18H2,1-3H3/t20-,21?,23?/m0/s1. The normalized spacial score (nSPS) is 23.0. The number of aliphatic hydroxyl groups excluding tert-OH is 1. The molecule has 3 heterocycles. The molecule has 5 rings (SSSR count). The maximum absolute atomic E-state index is 14.3. The number of aliphatic hydroxyl groups is 1. The van der Waals surface area contributed by atoms with Crippen molar-refractivity contribution in [3.8, 4) is 5.69 Å². The van der Waals surface area contributed by atoms with E-state index in [2.05, 4.69) is 22.1 Å². The highest BCUT2D eigenvalue weighted by Gasteiger charge is 2.32. The predicted octanol–water partition coefficient (Wildman–Crippen LogP) is 4.99. The molecule has 2 fully saturated rings. The van der Waals surface area contributed by atoms with Gasteiger partial charge in [0.1, 0.15) is 5.82 Å². The summed E-state index contributed by atoms with van der Waals surface area (Å²) in [5, 5.41) is 10.7. The van der Waals surface area contributed by atoms with Crippen LogP contribution in [0.5, 0.6) is 0 Å². The van der Waals surface area contributed by atoms with Crippen LogP contribution in [0, 0.1) is 11.7 Å². The Bertz CT molecular complexity index is 1230. The lowest BCUT2D eigenvalue weighted by Gasteiger charge is -2.34. The van der Waals surface area contributed by atoms with Crippen LogP contribution in [0.4, 0.5) is 4.39 Å². The van der Waals surface area contributed by atoms with Crippen LogP contribution in [-0.4, -0.2) is 69.2 Å². The number of amides is 1. The second-order valence-electron chi connectivity index (χ2n) is 10.9. The molecule has 0 bridgehead atoms. The number of likely N-dealkylation sites (tertiary alicyclic amines) is 1. The monoisotopic (exact) mass is 492 g/mol. The van der Waals surface area contributed by atoms with Gasteiger partial charge in [0.05, 0.1) is 23.0 Å². The molecular weight excluding hydrogens is 455 g/mol. The summed E-state index contributed by atoms with van der Waals surface area (Å²) < 4.78 is 16.3. The van der Waals surface area contributed by atoms with E-state index in [1.165, 1.54) is 17.7 Å². The topological polar surface area (TPSA) is 61.6 Å². The minimum absolute atomic E-state index is 0.00528. The Morgan fingerprint density at radius 1 is 1.19 bits per heavy atom. The summed E-state index contributed by atoms with van der Waals surface area (Å²) in [6.07, 6.45) is 11.4. The van der Waals surface area contributed by atoms with E-state index in [4.69, 9.17) is 0 Å². The molecule has 0 spiro atoms. The van der Waals surface area contributed by atoms with Crippen molar-refractivity contribution < 1.29 is 14.3 Å². The van der Waals surface area contributed by atoms with Crippen molar-refractivity contribution in [3.05, 3.63) is 59.8 Å². The predicted molar refractivity (Wildman–Crippen MR) is 140 cm³/mol. The molecule has 2 aromatic heterocycles. The third-order valence-electron chi connectivity index (χ3n) is 8.41. The highest BCUT2D eigenvalue weighted by molar-refractivity contribution is 5.99. The fourth-order valence-corrected chi connectivity index (χ4v) is 6.03. The van der Waals surface area contributed by atoms with Crippen molar-refractivity contribution >= 4 is 16.8 Å². The quantitative estimate of drug-likeness (QED) is 0.527. The van der Waals surface area contributed by atoms with Crippen molar-refractivity contribution in [2.24, 2.45) is 5.92 Å². The maximum atomic E-state index is 14.3. The molecule has 1 aliphatic carbocycles. The Morgan fingerprint density at radius 2 is 1.97 bits per heavy atom. The second-order valence-corrected chi connectivity index (χ2v) is 10.9. The van der Waals surface area contributed by atoms with Crippen LogP contribution in [0.3, 0.4) is 0 Å². The van der Waals surface area contributed by atoms with Crippen molar-refractivity contribution in [2.75, 3.05) is 26.7 Å². The highest BCUT2D eigenvalue weighted by Crippen LogP contribution is 2.40. The van der Waals surface area contributed by atoms with Gasteiger partial charge in [-0.3, -0.25) is 9.78 Å². The molecule has 192 valence electrons. The zero-order chi connectivity index (χ0) is 25.4. The van der Waals surface area contributed by atoms with E-state index in [0.29, 0.717) is 35.7 Å². The van der Waals surface area contributed by atoms with Crippen LogP contribution in [-0.2, 0) is 0 Å². The Morgan fingerprint density at radius 3 is 2.67 bits per heavy atom. The third kappa shape index (κ3) is 4.66. The molecule has 1 saturated heterocycles. The molecule has 1 aromatic carbocycles. The van der Waals surface area contributed by atoms with Crippen LogP contribution >= 0.6 is 0 Å². The lowest BCUT2D eigenvalue weighted by molar-refractivity contribution is 0.0754. The van der Waals surface area contributed by atoms with E-state index in [9.17, 15) is 14.3 Å². The van der Waals surface area contributed by atoms with E-state index in [-0.39, 0.29) is 11.9 Å². The minimum Gasteiger partial charge on any atom is -0.396 e. The first-order chi connectivity index (χ1) is 17.4. The number of pyridine rings is 1. The molecule has 0 radical (unpaired) electrons. The number of hydrogen-bond acceptors (Lipinski definition) is 4. The van der Waals surface area contributed by atoms with Crippen LogP contribution in [0.25, 0.3) is 16.6 Å². The van der Waals surface area contributed by atoms with Gasteiger partial charge in [0, 0.05) is 50.1 Å². The number of fused-ring (bicyclic) bond motifs is 1. The fourth-order valence-electron chi connectivity index (χ4n) is 6.03. The molecule has 1 N–H and O–H groups in total. The zero-order valence-corrected chi connectivity index (χ0v) is 21.5. The number of rotatable bonds is 6. The zero-order valence-electron chi connectivity index (χ0n) is 21.5. The van der Waals surface area contributed by atoms with Crippen LogP contribution < -0.4 is 0 Å². The minimum atomic E-state index is -0.419. The molecule has 3 aromatic rings. The summed E-state index contributed by atoms with van der Waals surface area (Å²) in [6.45, 7) is 6.31. The van der Waals surface area contributed by atoms with Gasteiger partial charge in [0.25, 0.3) is 5.91 Å². The first kappa shape index (κ1) is 24.9. The molecule has 1 amide bonds. The molecular formula is C29H37FN4O2. The lowest BCUT2D eigenvalue weighted by atomic mass is 9.81. The SMILES string of the molecule is CC(C)N(C)C(=O)c1cc(F)ccc1-n1cc(C2CCC(N3CC[C@H](CO)C3)CC2)c2ccncc21. The third-order valence-corrected chi connectivity index (χ3v) is 8.41. The number of carbonyl (C=O) groups excluding carboxylic acids is 1. The van der Waals surface area contributed by atoms with E-state index in [1.807, 2.05) is 30.8 Å². The van der Waals surface area contributed by atoms with E-state index in [1.54, 1.807) is 18.0 Å². The van der Waals surface area contributed by atoms with Gasteiger partial charge in [-0.05, 0) is 94.2 Å². The second kappa shape index (κ2) is 10.3. The molecule has 36 heavy (non-hydrogen) atoms. The summed E-state index contributed by atoms with van der Waals surface area (Å²) in [5.41, 5.74) is 3.25. The van der Waals surface area contributed by atoms with E-state index >= 15 is 0 Å². The highest BCUT2D eigenvalue weighted by atomic mass is 19.1. The van der Waals surface area contributed by atoms with E-state index in [0.717, 1.165) is 56.1 Å². The molecule has 7 heteroatoms. The average Bonchev–Trinajstić information content (AvgIpc) is 3.53. The summed E-state index contributed by atoms with van der Waals surface area (Å²) in [4.78, 5) is 21.9. The number of nitrogens with zero attached hydrogens (tertiary/aromatic N) is 4. The van der Waals surface area contributed by atoms with Crippen molar-refractivity contribution in [1.82, 2.24) is 19.4 Å². The van der Waals surface area contributed by atoms with Gasteiger partial charge in [0.2, 0.25) is 0 Å². The Kier molecular flexibility index (Phi) is 7.13. The number of carbonyl (C=O) groups is 1. The first-order valence-electron chi connectivity index (χ1n) is 13.2. The lowest BCUT2D eigenvalue weighted by Crippen LogP contribution is -2.36. The maximum Gasteiger partial charge on any atom is 0.256 e. The molecule has 0 unspecified atom stereocenters. The summed E-state index contributed by atoms with van der Waals surface area (Å²) in [7, 11) is 1.75. The van der Waals surface area contributed by atoms with Crippen molar-refractivity contribution in [1.29, 1.82) is 0 Å². The summed E-state index contributed by atoms with van der Waals surface area (Å²) in [5.74, 6) is 0.244. The Hall–Kier alpha value is -2.77. The number of hydrogen-bond donors (Lipinski definition) is 1. The number of benzene rings is 1. The Labute approximate surface area is 212 Å². The smallest absolute Gasteiger partial charge is 0.256 e. The molecule has 1 saturated carbocycles. The molecule has 6 nitrogen and oxygen atoms in total. The summed E-state index contributed by atoms with van der Waals surface area (Å²) >= 11 is 0. The van der Waals surface area contributed by atoms with Crippen molar-refractivity contribution in [2.45, 2.75) is 64.0 Å². The summed E-state index contributed by atoms with van der Waals surface area (Å²) in [6, 6.07) is 7.13. The fraction of sp³-hybridized carbons (Fsp3) is 0.517. The largest absolute Gasteiger partial charge is 0.396 e. The van der Waals surface area contributed by atoms with E-state index < -0.39 is 5.82 Å². The number of aromatic nitrogens is 2. The Balaban J connectivity index is 1.46. The van der Waals surface area contributed by atoms with Gasteiger partial charge in [0.15, 0.2) is 0 Å². The average molecular weight is 493 g/mol. The van der Waals surface area contributed by atoms with Crippen molar-refractivity contribution in [3.63, 3.8) is 0 Å². The molecule has 1 aliphatic heterocycles. The van der Waals surface area contributed by atoms with Gasteiger partial charge in [-0.1, -0.05) is 0 Å². The van der Waals surface area contributed by atoms with Gasteiger partial charge >= 0.3 is 0 Å². The van der Waals surface area contributed by atoms with Gasteiger partial charge in [-0.2, -0.15) is 0 Å². The van der Waals surface area contributed by atoms with Gasteiger partial charge in [-0.25, -0.2) is 4.39 Å². The first-order valence-corrected chi connectivity index (χ1v) is 13.2. The van der Waals surface area contributed by atoms with Crippen LogP contribution in [0.15, 0.2) is 42.9 Å². The van der Waals surface area contributed by atoms with Crippen LogP contribution in [0.1, 0.15) is 67.8 Å².